The number of amides is 2. The molecule has 0 spiro atoms. The van der Waals surface area contributed by atoms with Crippen LogP contribution in [0.2, 0.25) is 0 Å². The maximum Gasteiger partial charge on any atom is 0.246 e. The maximum atomic E-state index is 14.6. The molecule has 1 saturated carbocycles. The van der Waals surface area contributed by atoms with E-state index < -0.39 is 29.3 Å². The number of rotatable bonds is 11. The van der Waals surface area contributed by atoms with Gasteiger partial charge in [0.1, 0.15) is 17.6 Å². The molecule has 6 atom stereocenters. The maximum absolute atomic E-state index is 14.6. The van der Waals surface area contributed by atoms with Crippen molar-refractivity contribution < 1.29 is 29.0 Å². The SMILES string of the molecule is CC(C)(C)[C@H](NC(=O)[C@H]1CC[C@H](N2CCC(c3cnc(N4C5CCC4CN(c4cc(-c6ccccc6O)nnc4N)C5)nc3)CC2)CC1)C(=O)N1C[C@H](O)C[C@H]1C1=NO[C@](C)(c2ccc(-c3ccccc3F)cc2)N1. The molecule has 1 aliphatic carbocycles. The Bertz CT molecular complexity index is 2910. The number of aliphatic hydroxyl groups excluding tert-OH is 1. The molecule has 394 valence electrons. The van der Waals surface area contributed by atoms with Crippen molar-refractivity contribution in [3.63, 3.8) is 0 Å². The lowest BCUT2D eigenvalue weighted by atomic mass is 9.81. The summed E-state index contributed by atoms with van der Waals surface area (Å²) in [5, 5.41) is 40.9. The molecule has 3 aromatic carbocycles. The highest BCUT2D eigenvalue weighted by molar-refractivity contribution is 5.96. The summed E-state index contributed by atoms with van der Waals surface area (Å²) in [4.78, 5) is 53.5. The van der Waals surface area contributed by atoms with Gasteiger partial charge in [-0.05, 0) is 111 Å². The molecule has 2 unspecified atom stereocenters. The smallest absolute Gasteiger partial charge is 0.246 e. The normalized spacial score (nSPS) is 26.6. The number of halogens is 1. The Morgan fingerprint density at radius 1 is 0.853 bits per heavy atom. The van der Waals surface area contributed by atoms with Gasteiger partial charge in [-0.2, -0.15) is 0 Å². The van der Waals surface area contributed by atoms with Gasteiger partial charge in [-0.15, -0.1) is 10.2 Å². The lowest BCUT2D eigenvalue weighted by Crippen LogP contribution is -2.59. The van der Waals surface area contributed by atoms with Gasteiger partial charge in [0.05, 0.1) is 23.5 Å². The molecular formula is C57H69FN12O5. The number of β-amino-alcohol motifs (C(OH)–C–C–N with tert-alkyl or cyclic N) is 1. The minimum absolute atomic E-state index is 0.101. The second-order valence-electron chi connectivity index (χ2n) is 22.8. The van der Waals surface area contributed by atoms with Crippen LogP contribution < -0.4 is 26.2 Å². The summed E-state index contributed by atoms with van der Waals surface area (Å²) in [6.07, 6.45) is 11.0. The van der Waals surface area contributed by atoms with E-state index in [0.717, 1.165) is 100 Å². The van der Waals surface area contributed by atoms with Crippen LogP contribution in [0.3, 0.4) is 0 Å². The zero-order valence-electron chi connectivity index (χ0n) is 43.3. The van der Waals surface area contributed by atoms with Crippen molar-refractivity contribution in [2.24, 2.45) is 16.5 Å². The van der Waals surface area contributed by atoms with Crippen LogP contribution in [0.15, 0.2) is 96.4 Å². The van der Waals surface area contributed by atoms with Gasteiger partial charge in [0.15, 0.2) is 11.7 Å². The highest BCUT2D eigenvalue weighted by Gasteiger charge is 2.48. The molecule has 6 aliphatic rings. The molecule has 2 amide bonds. The van der Waals surface area contributed by atoms with Gasteiger partial charge in [-0.1, -0.05) is 80.5 Å². The van der Waals surface area contributed by atoms with Crippen molar-refractivity contribution in [2.75, 3.05) is 48.3 Å². The topological polar surface area (TPSA) is 211 Å². The summed E-state index contributed by atoms with van der Waals surface area (Å²) < 4.78 is 14.5. The quantitative estimate of drug-likeness (QED) is 0.0910. The fraction of sp³-hybridized carbons (Fsp3) is 0.491. The number of fused-ring (bicyclic) bond motifs is 2. The van der Waals surface area contributed by atoms with E-state index in [9.17, 15) is 24.2 Å². The second-order valence-corrected chi connectivity index (χ2v) is 22.8. The van der Waals surface area contributed by atoms with E-state index in [1.807, 2.05) is 82.6 Å². The Hall–Kier alpha value is -6.92. The molecule has 5 aliphatic heterocycles. The fourth-order valence-electron chi connectivity index (χ4n) is 12.6. The number of likely N-dealkylation sites (tertiary alicyclic amines) is 2. The monoisotopic (exact) mass is 1020 g/mol. The number of nitrogen functional groups attached to an aromatic ring is 1. The minimum Gasteiger partial charge on any atom is -0.507 e. The number of hydrogen-bond acceptors (Lipinski definition) is 15. The van der Waals surface area contributed by atoms with Gasteiger partial charge in [0, 0.05) is 86.1 Å². The number of carbonyl (C=O) groups is 2. The van der Waals surface area contributed by atoms with Crippen LogP contribution in [0, 0.1) is 17.2 Å². The molecule has 5 aromatic rings. The van der Waals surface area contributed by atoms with E-state index in [1.165, 1.54) is 11.6 Å². The van der Waals surface area contributed by atoms with Crippen LogP contribution in [-0.2, 0) is 20.2 Å². The van der Waals surface area contributed by atoms with Gasteiger partial charge >= 0.3 is 0 Å². The fourth-order valence-corrected chi connectivity index (χ4v) is 12.6. The summed E-state index contributed by atoms with van der Waals surface area (Å²) in [5.41, 5.74) is 9.93. The predicted octanol–water partition coefficient (Wildman–Crippen LogP) is 6.92. The number of oxime groups is 1. The number of aromatic nitrogens is 4. The third-order valence-corrected chi connectivity index (χ3v) is 16.9. The van der Waals surface area contributed by atoms with E-state index in [1.54, 1.807) is 35.2 Å². The molecule has 2 aromatic heterocycles. The van der Waals surface area contributed by atoms with Crippen LogP contribution in [0.1, 0.15) is 103 Å². The van der Waals surface area contributed by atoms with Gasteiger partial charge in [-0.3, -0.25) is 9.59 Å². The number of anilines is 3. The summed E-state index contributed by atoms with van der Waals surface area (Å²) in [7, 11) is 0. The van der Waals surface area contributed by atoms with Gasteiger partial charge in [-0.25, -0.2) is 14.4 Å². The first-order valence-electron chi connectivity index (χ1n) is 26.8. The Morgan fingerprint density at radius 2 is 1.51 bits per heavy atom. The second kappa shape index (κ2) is 20.3. The molecule has 2 bridgehead atoms. The number of nitrogens with two attached hydrogens (primary N) is 1. The molecular weight excluding hydrogens is 952 g/mol. The number of phenolic OH excluding ortho intramolecular Hbond substituents is 1. The third-order valence-electron chi connectivity index (χ3n) is 16.9. The predicted molar refractivity (Wildman–Crippen MR) is 285 cm³/mol. The molecule has 4 saturated heterocycles. The summed E-state index contributed by atoms with van der Waals surface area (Å²) in [5.74, 6) is 1.25. The molecule has 75 heavy (non-hydrogen) atoms. The zero-order chi connectivity index (χ0) is 52.2. The van der Waals surface area contributed by atoms with E-state index in [-0.39, 0.29) is 54.3 Å². The Morgan fingerprint density at radius 3 is 2.17 bits per heavy atom. The van der Waals surface area contributed by atoms with Gasteiger partial charge < -0.3 is 51.0 Å². The summed E-state index contributed by atoms with van der Waals surface area (Å²) >= 11 is 0. The number of amidine groups is 1. The zero-order valence-corrected chi connectivity index (χ0v) is 43.3. The number of nitrogens with one attached hydrogen (secondary N) is 2. The van der Waals surface area contributed by atoms with Crippen molar-refractivity contribution in [1.82, 2.24) is 40.6 Å². The molecule has 0 radical (unpaired) electrons. The number of piperazine rings is 1. The first-order valence-corrected chi connectivity index (χ1v) is 26.8. The molecule has 17 nitrogen and oxygen atoms in total. The van der Waals surface area contributed by atoms with Crippen LogP contribution in [0.4, 0.5) is 21.8 Å². The lowest BCUT2D eigenvalue weighted by Gasteiger charge is -2.42. The van der Waals surface area contributed by atoms with Crippen molar-refractivity contribution in [1.29, 1.82) is 0 Å². The van der Waals surface area contributed by atoms with Gasteiger partial charge in [0.25, 0.3) is 0 Å². The van der Waals surface area contributed by atoms with Gasteiger partial charge in [0.2, 0.25) is 23.5 Å². The standard InChI is InChI=1S/C57H69FN12O5/c1-56(2,3)50(54(74)69-33-42(71)27-48(69)52-63-57(4,75-66-52)38-17-13-35(14-18-38)43-9-5-7-11-45(43)58)62-53(73)36-15-19-39(20-16-36)67-25-23-34(24-26-67)37-29-60-55(61-30-37)70-40-21-22-41(70)32-68(31-40)47-28-46(64-65-51(47)59)44-10-6-8-12-49(44)72/h5-14,17-18,28-30,34,36,39-42,48,50,71-72H,15-16,19-27,31-33H2,1-4H3,(H2,59,65)(H,62,73)(H,63,66)/t36-,39-,40?,41?,42-,48+,50-,57-/m1/s1. The molecule has 11 rings (SSSR count). The Balaban J connectivity index is 0.655. The molecule has 18 heteroatoms. The van der Waals surface area contributed by atoms with E-state index in [4.69, 9.17) is 20.5 Å². The number of aliphatic hydroxyl groups is 1. The number of phenols is 1. The summed E-state index contributed by atoms with van der Waals surface area (Å²) in [6, 6.07) is 22.5. The largest absolute Gasteiger partial charge is 0.507 e. The van der Waals surface area contributed by atoms with E-state index >= 15 is 0 Å². The first-order chi connectivity index (χ1) is 36.1. The average Bonchev–Trinajstić information content (AvgIpc) is 4.10. The lowest BCUT2D eigenvalue weighted by molar-refractivity contribution is -0.141. The van der Waals surface area contributed by atoms with Crippen LogP contribution in [-0.4, -0.2) is 127 Å². The van der Waals surface area contributed by atoms with Crippen LogP contribution in [0.25, 0.3) is 22.4 Å². The number of aromatic hydroxyl groups is 1. The number of hydrogen-bond donors (Lipinski definition) is 5. The number of para-hydroxylation sites is 1. The number of piperidine rings is 1. The van der Waals surface area contributed by atoms with E-state index in [0.29, 0.717) is 40.4 Å². The number of carbonyl (C=O) groups excluding carboxylic acids is 2. The van der Waals surface area contributed by atoms with E-state index in [2.05, 4.69) is 40.7 Å². The average molecular weight is 1020 g/mol. The third kappa shape index (κ3) is 10.1. The van der Waals surface area contributed by atoms with Crippen molar-refractivity contribution in [2.45, 2.75) is 133 Å². The highest BCUT2D eigenvalue weighted by atomic mass is 19.1. The molecule has 7 heterocycles. The van der Waals surface area contributed by atoms with Crippen LogP contribution in [0.5, 0.6) is 5.75 Å². The Labute approximate surface area is 437 Å². The van der Waals surface area contributed by atoms with Crippen molar-refractivity contribution in [3.8, 4) is 28.1 Å². The number of benzene rings is 3. The highest BCUT2D eigenvalue weighted by Crippen LogP contribution is 2.40. The summed E-state index contributed by atoms with van der Waals surface area (Å²) in [6.45, 7) is 11.3. The molecule has 5 fully saturated rings. The first kappa shape index (κ1) is 50.2. The minimum atomic E-state index is -1.06. The van der Waals surface area contributed by atoms with Crippen molar-refractivity contribution >= 4 is 35.1 Å². The van der Waals surface area contributed by atoms with Crippen molar-refractivity contribution in [3.05, 3.63) is 108 Å². The number of nitrogens with zero attached hydrogens (tertiary/aromatic N) is 9. The Kier molecular flexibility index (Phi) is 13.6. The van der Waals surface area contributed by atoms with Crippen LogP contribution >= 0.6 is 0 Å². The molecule has 6 N–H and O–H groups in total.